The van der Waals surface area contributed by atoms with E-state index in [2.05, 4.69) is 5.32 Å². The first-order valence-corrected chi connectivity index (χ1v) is 7.25. The minimum atomic E-state index is -4.48. The standard InChI is InChI=1S/C16H17F3N2O2/c17-16(18,19)10-20-15(23)12-7-3-4-8-13(12)21-14(22)9-11-5-1-2-6-11/h1,3-5,7-8,11H,2,6,9-10H2,(H,20,23)(H,21,22). The van der Waals surface area contributed by atoms with E-state index < -0.39 is 18.6 Å². The molecule has 0 aliphatic heterocycles. The minimum Gasteiger partial charge on any atom is -0.343 e. The molecule has 1 atom stereocenters. The maximum absolute atomic E-state index is 12.2. The van der Waals surface area contributed by atoms with Crippen molar-refractivity contribution in [3.63, 3.8) is 0 Å². The van der Waals surface area contributed by atoms with Crippen molar-refractivity contribution in [3.05, 3.63) is 42.0 Å². The van der Waals surface area contributed by atoms with Crippen molar-refractivity contribution in [3.8, 4) is 0 Å². The molecule has 2 N–H and O–H groups in total. The van der Waals surface area contributed by atoms with Crippen LogP contribution in [0.4, 0.5) is 18.9 Å². The van der Waals surface area contributed by atoms with E-state index in [0.29, 0.717) is 0 Å². The van der Waals surface area contributed by atoms with Gasteiger partial charge in [-0.2, -0.15) is 13.2 Å². The molecular formula is C16H17F3N2O2. The van der Waals surface area contributed by atoms with E-state index in [1.54, 1.807) is 11.4 Å². The van der Waals surface area contributed by atoms with Gasteiger partial charge in [0.15, 0.2) is 0 Å². The largest absolute Gasteiger partial charge is 0.405 e. The number of amides is 2. The zero-order valence-electron chi connectivity index (χ0n) is 12.3. The SMILES string of the molecule is O=C(CC1C=CCC1)Nc1ccccc1C(=O)NCC(F)(F)F. The molecule has 0 bridgehead atoms. The zero-order chi connectivity index (χ0) is 16.9. The molecular weight excluding hydrogens is 309 g/mol. The summed E-state index contributed by atoms with van der Waals surface area (Å²) in [6.45, 7) is -1.42. The molecule has 0 aromatic heterocycles. The van der Waals surface area contributed by atoms with Gasteiger partial charge in [0.05, 0.1) is 11.3 Å². The molecule has 0 heterocycles. The lowest BCUT2D eigenvalue weighted by molar-refractivity contribution is -0.123. The molecule has 1 unspecified atom stereocenters. The van der Waals surface area contributed by atoms with Gasteiger partial charge in [-0.3, -0.25) is 9.59 Å². The monoisotopic (exact) mass is 326 g/mol. The number of para-hydroxylation sites is 1. The Labute approximate surface area is 131 Å². The molecule has 0 fully saturated rings. The highest BCUT2D eigenvalue weighted by atomic mass is 19.4. The molecule has 7 heteroatoms. The summed E-state index contributed by atoms with van der Waals surface area (Å²) >= 11 is 0. The Morgan fingerprint density at radius 3 is 2.61 bits per heavy atom. The smallest absolute Gasteiger partial charge is 0.343 e. The first kappa shape index (κ1) is 17.1. The summed E-state index contributed by atoms with van der Waals surface area (Å²) in [7, 11) is 0. The summed E-state index contributed by atoms with van der Waals surface area (Å²) < 4.78 is 36.5. The predicted molar refractivity (Wildman–Crippen MR) is 79.9 cm³/mol. The summed E-state index contributed by atoms with van der Waals surface area (Å²) in [5, 5.41) is 4.40. The molecule has 124 valence electrons. The Morgan fingerprint density at radius 2 is 1.96 bits per heavy atom. The van der Waals surface area contributed by atoms with Crippen molar-refractivity contribution in [2.45, 2.75) is 25.4 Å². The van der Waals surface area contributed by atoms with Crippen molar-refractivity contribution in [1.82, 2.24) is 5.32 Å². The number of hydrogen-bond donors (Lipinski definition) is 2. The molecule has 1 aromatic rings. The third-order valence-corrected chi connectivity index (χ3v) is 3.46. The maximum atomic E-state index is 12.2. The number of allylic oxidation sites excluding steroid dienone is 2. The van der Waals surface area contributed by atoms with E-state index in [9.17, 15) is 22.8 Å². The van der Waals surface area contributed by atoms with Gasteiger partial charge in [0.1, 0.15) is 6.54 Å². The number of benzene rings is 1. The highest BCUT2D eigenvalue weighted by Crippen LogP contribution is 2.22. The normalized spacial score (nSPS) is 17.1. The molecule has 2 amide bonds. The number of anilines is 1. The Morgan fingerprint density at radius 1 is 1.22 bits per heavy atom. The maximum Gasteiger partial charge on any atom is 0.405 e. The van der Waals surface area contributed by atoms with E-state index in [1.165, 1.54) is 18.2 Å². The Hall–Kier alpha value is -2.31. The molecule has 1 aromatic carbocycles. The van der Waals surface area contributed by atoms with Crippen LogP contribution >= 0.6 is 0 Å². The molecule has 0 radical (unpaired) electrons. The van der Waals surface area contributed by atoms with E-state index >= 15 is 0 Å². The van der Waals surface area contributed by atoms with Crippen LogP contribution in [-0.4, -0.2) is 24.5 Å². The van der Waals surface area contributed by atoms with E-state index in [-0.39, 0.29) is 29.5 Å². The van der Waals surface area contributed by atoms with E-state index in [4.69, 9.17) is 0 Å². The second kappa shape index (κ2) is 7.30. The van der Waals surface area contributed by atoms with Gasteiger partial charge in [0.2, 0.25) is 5.91 Å². The summed E-state index contributed by atoms with van der Waals surface area (Å²) in [5.74, 6) is -0.974. The average Bonchev–Trinajstić information content (AvgIpc) is 2.97. The Kier molecular flexibility index (Phi) is 5.41. The van der Waals surface area contributed by atoms with Gasteiger partial charge in [0.25, 0.3) is 5.91 Å². The van der Waals surface area contributed by atoms with Crippen LogP contribution in [0.25, 0.3) is 0 Å². The van der Waals surface area contributed by atoms with Crippen LogP contribution in [0, 0.1) is 5.92 Å². The fraction of sp³-hybridized carbons (Fsp3) is 0.375. The number of alkyl halides is 3. The molecule has 2 rings (SSSR count). The molecule has 1 aliphatic rings. The van der Waals surface area contributed by atoms with Crippen LogP contribution < -0.4 is 10.6 Å². The first-order valence-electron chi connectivity index (χ1n) is 7.25. The number of hydrogen-bond acceptors (Lipinski definition) is 2. The van der Waals surface area contributed by atoms with Crippen LogP contribution in [0.2, 0.25) is 0 Å². The van der Waals surface area contributed by atoms with Gasteiger partial charge in [0, 0.05) is 6.42 Å². The summed E-state index contributed by atoms with van der Waals surface area (Å²) in [6.07, 6.45) is 1.63. The van der Waals surface area contributed by atoms with Gasteiger partial charge in [-0.1, -0.05) is 24.3 Å². The average molecular weight is 326 g/mol. The molecule has 1 aliphatic carbocycles. The topological polar surface area (TPSA) is 58.2 Å². The van der Waals surface area contributed by atoms with Gasteiger partial charge < -0.3 is 10.6 Å². The molecule has 23 heavy (non-hydrogen) atoms. The van der Waals surface area contributed by atoms with E-state index in [1.807, 2.05) is 12.2 Å². The molecule has 0 spiro atoms. The van der Waals surface area contributed by atoms with Gasteiger partial charge in [-0.15, -0.1) is 0 Å². The van der Waals surface area contributed by atoms with Gasteiger partial charge >= 0.3 is 6.18 Å². The highest BCUT2D eigenvalue weighted by molar-refractivity contribution is 6.03. The van der Waals surface area contributed by atoms with Gasteiger partial charge in [-0.25, -0.2) is 0 Å². The Balaban J connectivity index is 2.00. The van der Waals surface area contributed by atoms with E-state index in [0.717, 1.165) is 12.8 Å². The van der Waals surface area contributed by atoms with Crippen LogP contribution in [-0.2, 0) is 4.79 Å². The fourth-order valence-corrected chi connectivity index (χ4v) is 2.37. The number of halogens is 3. The number of rotatable bonds is 5. The third kappa shape index (κ3) is 5.43. The zero-order valence-corrected chi connectivity index (χ0v) is 12.3. The van der Waals surface area contributed by atoms with Crippen molar-refractivity contribution in [2.24, 2.45) is 5.92 Å². The summed E-state index contributed by atoms with van der Waals surface area (Å²) in [6, 6.07) is 5.99. The minimum absolute atomic E-state index is 0.00654. The second-order valence-electron chi connectivity index (χ2n) is 5.36. The number of carbonyl (C=O) groups is 2. The number of carbonyl (C=O) groups excluding carboxylic acids is 2. The summed E-state index contributed by atoms with van der Waals surface area (Å²) in [5.41, 5.74) is 0.214. The Bertz CT molecular complexity index is 612. The van der Waals surface area contributed by atoms with Gasteiger partial charge in [-0.05, 0) is 30.9 Å². The van der Waals surface area contributed by atoms with Crippen LogP contribution in [0.15, 0.2) is 36.4 Å². The quantitative estimate of drug-likeness (QED) is 0.816. The van der Waals surface area contributed by atoms with Crippen LogP contribution in [0.1, 0.15) is 29.6 Å². The summed E-state index contributed by atoms with van der Waals surface area (Å²) in [4.78, 5) is 23.9. The first-order chi connectivity index (χ1) is 10.8. The van der Waals surface area contributed by atoms with Crippen molar-refractivity contribution >= 4 is 17.5 Å². The predicted octanol–water partition coefficient (Wildman–Crippen LogP) is 3.27. The van der Waals surface area contributed by atoms with Crippen molar-refractivity contribution < 1.29 is 22.8 Å². The highest BCUT2D eigenvalue weighted by Gasteiger charge is 2.28. The third-order valence-electron chi connectivity index (χ3n) is 3.46. The van der Waals surface area contributed by atoms with Crippen LogP contribution in [0.3, 0.4) is 0 Å². The van der Waals surface area contributed by atoms with Crippen molar-refractivity contribution in [2.75, 3.05) is 11.9 Å². The van der Waals surface area contributed by atoms with Crippen molar-refractivity contribution in [1.29, 1.82) is 0 Å². The lowest BCUT2D eigenvalue weighted by atomic mass is 10.0. The lowest BCUT2D eigenvalue weighted by Crippen LogP contribution is -2.34. The molecule has 0 saturated heterocycles. The second-order valence-corrected chi connectivity index (χ2v) is 5.36. The fourth-order valence-electron chi connectivity index (χ4n) is 2.37. The van der Waals surface area contributed by atoms with Crippen LogP contribution in [0.5, 0.6) is 0 Å². The lowest BCUT2D eigenvalue weighted by Gasteiger charge is -2.13. The molecule has 0 saturated carbocycles. The molecule has 4 nitrogen and oxygen atoms in total. The number of nitrogens with one attached hydrogen (secondary N) is 2.